The van der Waals surface area contributed by atoms with Crippen LogP contribution in [0.3, 0.4) is 0 Å². The van der Waals surface area contributed by atoms with Crippen molar-refractivity contribution >= 4 is 10.9 Å². The van der Waals surface area contributed by atoms with Gasteiger partial charge in [0.05, 0.1) is 11.2 Å². The second kappa shape index (κ2) is 5.70. The number of rotatable bonds is 4. The summed E-state index contributed by atoms with van der Waals surface area (Å²) in [5, 5.41) is 5.84. The highest BCUT2D eigenvalue weighted by molar-refractivity contribution is 5.81. The monoisotopic (exact) mass is 279 g/mol. The van der Waals surface area contributed by atoms with E-state index in [2.05, 4.69) is 54.5 Å². The Balaban J connectivity index is 1.81. The first-order chi connectivity index (χ1) is 10.1. The van der Waals surface area contributed by atoms with Gasteiger partial charge in [0.2, 0.25) is 0 Å². The van der Waals surface area contributed by atoms with E-state index in [1.165, 1.54) is 16.5 Å². The average molecular weight is 279 g/mol. The summed E-state index contributed by atoms with van der Waals surface area (Å²) in [7, 11) is 1.98. The molecule has 3 heteroatoms. The molecule has 0 radical (unpaired) electrons. The lowest BCUT2D eigenvalue weighted by Crippen LogP contribution is -2.26. The molecule has 0 bridgehead atoms. The molecule has 1 unspecified atom stereocenters. The molecule has 0 aliphatic heterocycles. The second-order valence-electron chi connectivity index (χ2n) is 5.68. The molecule has 0 spiro atoms. The second-order valence-corrected chi connectivity index (χ2v) is 5.68. The summed E-state index contributed by atoms with van der Waals surface area (Å²) in [6.07, 6.45) is 1.69. The molecule has 2 N–H and O–H groups in total. The number of para-hydroxylation sites is 1. The third-order valence-corrected chi connectivity index (χ3v) is 4.03. The maximum absolute atomic E-state index is 6.36. The van der Waals surface area contributed by atoms with Gasteiger partial charge < -0.3 is 5.73 Å². The minimum atomic E-state index is 0.0874. The third kappa shape index (κ3) is 2.83. The van der Waals surface area contributed by atoms with Crippen LogP contribution in [0.4, 0.5) is 0 Å². The Kier molecular flexibility index (Phi) is 3.76. The number of benzene rings is 2. The Morgan fingerprint density at radius 1 is 1.05 bits per heavy atom. The van der Waals surface area contributed by atoms with Crippen molar-refractivity contribution in [3.8, 4) is 0 Å². The Morgan fingerprint density at radius 2 is 1.76 bits per heavy atom. The van der Waals surface area contributed by atoms with Crippen LogP contribution in [0, 0.1) is 6.92 Å². The quantitative estimate of drug-likeness (QED) is 0.798. The zero-order chi connectivity index (χ0) is 14.8. The van der Waals surface area contributed by atoms with Crippen molar-refractivity contribution in [2.45, 2.75) is 25.8 Å². The highest BCUT2D eigenvalue weighted by Gasteiger charge is 2.13. The Morgan fingerprint density at radius 3 is 2.57 bits per heavy atom. The molecule has 1 atom stereocenters. The molecular formula is C18H21N3. The summed E-state index contributed by atoms with van der Waals surface area (Å²) in [5.74, 6) is 0. The van der Waals surface area contributed by atoms with E-state index < -0.39 is 0 Å². The van der Waals surface area contributed by atoms with Gasteiger partial charge in [0.15, 0.2) is 0 Å². The van der Waals surface area contributed by atoms with Crippen LogP contribution in [0.2, 0.25) is 0 Å². The molecule has 0 amide bonds. The van der Waals surface area contributed by atoms with E-state index in [4.69, 9.17) is 5.73 Å². The first-order valence-corrected chi connectivity index (χ1v) is 7.36. The molecule has 0 saturated carbocycles. The van der Waals surface area contributed by atoms with Crippen molar-refractivity contribution in [3.63, 3.8) is 0 Å². The zero-order valence-corrected chi connectivity index (χ0v) is 12.6. The van der Waals surface area contributed by atoms with E-state index in [0.29, 0.717) is 0 Å². The molecule has 3 rings (SSSR count). The molecule has 0 aliphatic rings. The molecule has 2 aromatic carbocycles. The van der Waals surface area contributed by atoms with Crippen molar-refractivity contribution in [2.75, 3.05) is 0 Å². The van der Waals surface area contributed by atoms with Gasteiger partial charge in [-0.3, -0.25) is 4.68 Å². The van der Waals surface area contributed by atoms with Gasteiger partial charge in [-0.1, -0.05) is 42.5 Å². The molecule has 3 nitrogen and oxygen atoms in total. The van der Waals surface area contributed by atoms with Crippen molar-refractivity contribution in [1.29, 1.82) is 0 Å². The Bertz CT molecular complexity index is 758. The summed E-state index contributed by atoms with van der Waals surface area (Å²) >= 11 is 0. The van der Waals surface area contributed by atoms with E-state index in [1.54, 1.807) is 0 Å². The number of nitrogens with zero attached hydrogens (tertiary/aromatic N) is 2. The maximum atomic E-state index is 6.36. The third-order valence-electron chi connectivity index (χ3n) is 4.03. The minimum absolute atomic E-state index is 0.0874. The predicted octanol–water partition coefficient (Wildman–Crippen LogP) is 2.99. The Hall–Kier alpha value is -2.13. The number of aromatic nitrogens is 2. The van der Waals surface area contributed by atoms with Crippen LogP contribution in [0.5, 0.6) is 0 Å². The van der Waals surface area contributed by atoms with E-state index in [9.17, 15) is 0 Å². The van der Waals surface area contributed by atoms with Gasteiger partial charge in [0.1, 0.15) is 0 Å². The molecule has 1 aromatic heterocycles. The number of aryl methyl sites for hydroxylation is 2. The molecule has 0 fully saturated rings. The van der Waals surface area contributed by atoms with Gasteiger partial charge in [-0.25, -0.2) is 0 Å². The summed E-state index contributed by atoms with van der Waals surface area (Å²) < 4.78 is 1.94. The highest BCUT2D eigenvalue weighted by Crippen LogP contribution is 2.19. The largest absolute Gasteiger partial charge is 0.327 e. The van der Waals surface area contributed by atoms with Crippen LogP contribution >= 0.6 is 0 Å². The van der Waals surface area contributed by atoms with Crippen LogP contribution in [0.1, 0.15) is 16.8 Å². The number of nitrogens with two attached hydrogens (primary N) is 1. The number of hydrogen-bond donors (Lipinski definition) is 1. The standard InChI is InChI=1S/C18H21N3/c1-13-7-3-4-8-14(13)11-15(19)12-17-16-9-5-6-10-18(16)21(2)20-17/h3-10,15H,11-12,19H2,1-2H3. The van der Waals surface area contributed by atoms with E-state index in [-0.39, 0.29) is 6.04 Å². The fourth-order valence-corrected chi connectivity index (χ4v) is 2.88. The minimum Gasteiger partial charge on any atom is -0.327 e. The van der Waals surface area contributed by atoms with Crippen molar-refractivity contribution in [3.05, 3.63) is 65.4 Å². The Labute approximate surface area is 125 Å². The van der Waals surface area contributed by atoms with Crippen LogP contribution in [0.25, 0.3) is 10.9 Å². The fraction of sp³-hybridized carbons (Fsp3) is 0.278. The summed E-state index contributed by atoms with van der Waals surface area (Å²) in [4.78, 5) is 0. The normalized spacial score (nSPS) is 12.7. The van der Waals surface area contributed by atoms with Crippen LogP contribution in [-0.2, 0) is 19.9 Å². The number of hydrogen-bond acceptors (Lipinski definition) is 2. The number of fused-ring (bicyclic) bond motifs is 1. The predicted molar refractivity (Wildman–Crippen MR) is 87.3 cm³/mol. The molecule has 0 aliphatic carbocycles. The molecular weight excluding hydrogens is 258 g/mol. The van der Waals surface area contributed by atoms with Gasteiger partial charge in [-0.15, -0.1) is 0 Å². The van der Waals surface area contributed by atoms with E-state index in [0.717, 1.165) is 24.1 Å². The van der Waals surface area contributed by atoms with Gasteiger partial charge in [0.25, 0.3) is 0 Å². The summed E-state index contributed by atoms with van der Waals surface area (Å²) in [6, 6.07) is 16.8. The fourth-order valence-electron chi connectivity index (χ4n) is 2.88. The first-order valence-electron chi connectivity index (χ1n) is 7.36. The SMILES string of the molecule is Cc1ccccc1CC(N)Cc1nn(C)c2ccccc12. The van der Waals surface area contributed by atoms with Crippen molar-refractivity contribution in [2.24, 2.45) is 12.8 Å². The lowest BCUT2D eigenvalue weighted by molar-refractivity contribution is 0.641. The van der Waals surface area contributed by atoms with Gasteiger partial charge in [0, 0.05) is 24.9 Å². The molecule has 21 heavy (non-hydrogen) atoms. The van der Waals surface area contributed by atoms with E-state index >= 15 is 0 Å². The lowest BCUT2D eigenvalue weighted by Gasteiger charge is -2.12. The maximum Gasteiger partial charge on any atom is 0.0718 e. The van der Waals surface area contributed by atoms with Crippen molar-refractivity contribution < 1.29 is 0 Å². The first kappa shape index (κ1) is 13.8. The van der Waals surface area contributed by atoms with Crippen molar-refractivity contribution in [1.82, 2.24) is 9.78 Å². The van der Waals surface area contributed by atoms with Gasteiger partial charge in [-0.2, -0.15) is 5.10 Å². The zero-order valence-electron chi connectivity index (χ0n) is 12.6. The van der Waals surface area contributed by atoms with Gasteiger partial charge >= 0.3 is 0 Å². The van der Waals surface area contributed by atoms with Crippen LogP contribution < -0.4 is 5.73 Å². The molecule has 0 saturated heterocycles. The van der Waals surface area contributed by atoms with E-state index in [1.807, 2.05) is 17.8 Å². The topological polar surface area (TPSA) is 43.8 Å². The summed E-state index contributed by atoms with van der Waals surface area (Å²) in [6.45, 7) is 2.14. The molecule has 1 heterocycles. The van der Waals surface area contributed by atoms with Crippen LogP contribution in [0.15, 0.2) is 48.5 Å². The van der Waals surface area contributed by atoms with Crippen LogP contribution in [-0.4, -0.2) is 15.8 Å². The average Bonchev–Trinajstić information content (AvgIpc) is 2.79. The summed E-state index contributed by atoms with van der Waals surface area (Å²) in [5.41, 5.74) is 11.2. The van der Waals surface area contributed by atoms with Gasteiger partial charge in [-0.05, 0) is 30.5 Å². The molecule has 3 aromatic rings. The smallest absolute Gasteiger partial charge is 0.0718 e. The lowest BCUT2D eigenvalue weighted by atomic mass is 9.98. The molecule has 108 valence electrons. The highest BCUT2D eigenvalue weighted by atomic mass is 15.3.